The summed E-state index contributed by atoms with van der Waals surface area (Å²) in [7, 11) is 1.19. The number of esters is 1. The van der Waals surface area contributed by atoms with Crippen molar-refractivity contribution in [3.05, 3.63) is 0 Å². The fourth-order valence-electron chi connectivity index (χ4n) is 0.0680. The van der Waals surface area contributed by atoms with Gasteiger partial charge in [-0.05, 0) is 0 Å². The molecule has 0 amide bonds. The summed E-state index contributed by atoms with van der Waals surface area (Å²) < 4.78 is 10.5. The first-order valence-corrected chi connectivity index (χ1v) is 1.44. The minimum absolute atomic E-state index is 0.708. The van der Waals surface area contributed by atoms with Gasteiger partial charge in [-0.2, -0.15) is 0 Å². The number of carbonyl (C=O) groups excluding carboxylic acids is 1. The number of rotatable bonds is 1. The van der Waals surface area contributed by atoms with Gasteiger partial charge >= 0.3 is 5.97 Å². The summed E-state index contributed by atoms with van der Waals surface area (Å²) in [6.45, 7) is -1.25. The molecule has 0 saturated carbocycles. The van der Waals surface area contributed by atoms with Gasteiger partial charge in [0.1, 0.15) is 0 Å². The second-order valence-corrected chi connectivity index (χ2v) is 0.690. The molecular formula is C3H7NO2. The zero-order chi connectivity index (χ0) is 5.86. The lowest BCUT2D eigenvalue weighted by atomic mass is 10.7. The van der Waals surface area contributed by atoms with Crippen LogP contribution < -0.4 is 5.73 Å². The molecule has 1 atom stereocenters. The fourth-order valence-corrected chi connectivity index (χ4v) is 0.0680. The summed E-state index contributed by atoms with van der Waals surface area (Å²) in [5.74, 6) is -0.708. The van der Waals surface area contributed by atoms with Gasteiger partial charge in [0.15, 0.2) is 0 Å². The molecular weight excluding hydrogens is 82.0 g/mol. The lowest BCUT2D eigenvalue weighted by molar-refractivity contribution is -0.138. The summed E-state index contributed by atoms with van der Waals surface area (Å²) in [4.78, 5) is 9.98. The van der Waals surface area contributed by atoms with E-state index in [1.807, 2.05) is 0 Å². The number of ether oxygens (including phenoxy) is 1. The van der Waals surface area contributed by atoms with Crippen LogP contribution in [-0.4, -0.2) is 19.6 Å². The number of nitrogens with two attached hydrogens (primary N) is 1. The van der Waals surface area contributed by atoms with Crippen LogP contribution in [0.3, 0.4) is 0 Å². The highest BCUT2D eigenvalue weighted by Crippen LogP contribution is 1.61. The summed E-state index contributed by atoms with van der Waals surface area (Å²) in [5, 5.41) is 0. The molecule has 0 aliphatic carbocycles. The zero-order valence-electron chi connectivity index (χ0n) is 4.47. The standard InChI is InChI=1S/C3H7NO2/c1-6-3(5)2-4/h2,4H2,1H3/i2D. The maximum Gasteiger partial charge on any atom is 0.319 e. The Balaban J connectivity index is 3.35. The molecule has 0 rings (SSSR count). The van der Waals surface area contributed by atoms with Crippen LogP contribution in [0.4, 0.5) is 0 Å². The highest BCUT2D eigenvalue weighted by molar-refractivity contribution is 5.70. The van der Waals surface area contributed by atoms with E-state index in [-0.39, 0.29) is 0 Å². The highest BCUT2D eigenvalue weighted by Gasteiger charge is 1.87. The quantitative estimate of drug-likeness (QED) is 0.425. The molecule has 0 heterocycles. The van der Waals surface area contributed by atoms with E-state index in [1.54, 1.807) is 0 Å². The van der Waals surface area contributed by atoms with Crippen molar-refractivity contribution in [1.82, 2.24) is 0 Å². The minimum Gasteiger partial charge on any atom is -0.468 e. The SMILES string of the molecule is [2H]C(N)C(=O)OC. The summed E-state index contributed by atoms with van der Waals surface area (Å²) in [6.07, 6.45) is 0. The van der Waals surface area contributed by atoms with E-state index in [1.165, 1.54) is 7.11 Å². The van der Waals surface area contributed by atoms with Gasteiger partial charge in [-0.15, -0.1) is 0 Å². The van der Waals surface area contributed by atoms with Crippen LogP contribution in [0.25, 0.3) is 0 Å². The molecule has 2 N–H and O–H groups in total. The molecule has 0 aliphatic rings. The van der Waals surface area contributed by atoms with Crippen molar-refractivity contribution in [3.63, 3.8) is 0 Å². The average Bonchev–Trinajstić information content (AvgIpc) is 1.65. The highest BCUT2D eigenvalue weighted by atomic mass is 16.5. The Morgan fingerprint density at radius 2 is 2.83 bits per heavy atom. The van der Waals surface area contributed by atoms with Crippen LogP contribution in [0.15, 0.2) is 0 Å². The monoisotopic (exact) mass is 90.1 g/mol. The molecule has 3 heteroatoms. The van der Waals surface area contributed by atoms with Crippen molar-refractivity contribution < 1.29 is 10.9 Å². The van der Waals surface area contributed by atoms with Gasteiger partial charge in [0.05, 0.1) is 15.0 Å². The van der Waals surface area contributed by atoms with E-state index in [0.29, 0.717) is 0 Å². The average molecular weight is 90.1 g/mol. The van der Waals surface area contributed by atoms with Gasteiger partial charge in [-0.25, -0.2) is 0 Å². The normalized spacial score (nSPS) is 15.3. The van der Waals surface area contributed by atoms with Gasteiger partial charge in [0.25, 0.3) is 0 Å². The van der Waals surface area contributed by atoms with Crippen molar-refractivity contribution in [1.29, 1.82) is 0 Å². The second-order valence-electron chi connectivity index (χ2n) is 0.690. The Morgan fingerprint density at radius 3 is 2.83 bits per heavy atom. The molecule has 0 spiro atoms. The van der Waals surface area contributed by atoms with Gasteiger partial charge in [-0.1, -0.05) is 0 Å². The van der Waals surface area contributed by atoms with Crippen molar-refractivity contribution in [3.8, 4) is 0 Å². The first-order valence-electron chi connectivity index (χ1n) is 2.02. The largest absolute Gasteiger partial charge is 0.468 e. The number of carbonyl (C=O) groups is 1. The Kier molecular flexibility index (Phi) is 1.60. The Hall–Kier alpha value is -0.570. The summed E-state index contributed by atoms with van der Waals surface area (Å²) in [5.41, 5.74) is 4.74. The summed E-state index contributed by atoms with van der Waals surface area (Å²) >= 11 is 0. The van der Waals surface area contributed by atoms with E-state index in [9.17, 15) is 4.79 Å². The second kappa shape index (κ2) is 2.66. The molecule has 36 valence electrons. The first-order chi connectivity index (χ1) is 3.18. The van der Waals surface area contributed by atoms with Gasteiger partial charge in [0, 0.05) is 0 Å². The lowest BCUT2D eigenvalue weighted by Gasteiger charge is -1.87. The molecule has 0 saturated heterocycles. The first kappa shape index (κ1) is 3.61. The molecule has 0 aliphatic heterocycles. The van der Waals surface area contributed by atoms with Crippen LogP contribution in [0, 0.1) is 0 Å². The Morgan fingerprint density at radius 1 is 2.33 bits per heavy atom. The molecule has 0 bridgehead atoms. The van der Waals surface area contributed by atoms with Crippen molar-refractivity contribution in [2.45, 2.75) is 0 Å². The van der Waals surface area contributed by atoms with E-state index < -0.39 is 12.5 Å². The van der Waals surface area contributed by atoms with Crippen molar-refractivity contribution >= 4 is 5.97 Å². The zero-order valence-corrected chi connectivity index (χ0v) is 3.47. The molecule has 6 heavy (non-hydrogen) atoms. The molecule has 1 unspecified atom stereocenters. The van der Waals surface area contributed by atoms with Crippen LogP contribution in [-0.2, 0) is 9.53 Å². The van der Waals surface area contributed by atoms with E-state index in [2.05, 4.69) is 4.74 Å². The van der Waals surface area contributed by atoms with E-state index in [4.69, 9.17) is 7.10 Å². The molecule has 0 radical (unpaired) electrons. The van der Waals surface area contributed by atoms with E-state index in [0.717, 1.165) is 0 Å². The van der Waals surface area contributed by atoms with Crippen LogP contribution in [0.5, 0.6) is 0 Å². The topological polar surface area (TPSA) is 52.3 Å². The van der Waals surface area contributed by atoms with Crippen LogP contribution in [0.2, 0.25) is 0 Å². The van der Waals surface area contributed by atoms with Crippen LogP contribution in [0.1, 0.15) is 1.37 Å². The van der Waals surface area contributed by atoms with Gasteiger partial charge in [0.2, 0.25) is 0 Å². The predicted molar refractivity (Wildman–Crippen MR) is 21.1 cm³/mol. The molecule has 0 aromatic rings. The smallest absolute Gasteiger partial charge is 0.319 e. The van der Waals surface area contributed by atoms with Crippen molar-refractivity contribution in [2.24, 2.45) is 5.73 Å². The third kappa shape index (κ3) is 1.72. The molecule has 0 aromatic carbocycles. The Bertz CT molecular complexity index is 73.3. The summed E-state index contributed by atoms with van der Waals surface area (Å²) in [6, 6.07) is 0. The fraction of sp³-hybridized carbons (Fsp3) is 0.667. The molecule has 0 fully saturated rings. The minimum atomic E-state index is -1.25. The van der Waals surface area contributed by atoms with Crippen molar-refractivity contribution in [2.75, 3.05) is 13.6 Å². The van der Waals surface area contributed by atoms with Crippen LogP contribution >= 0.6 is 0 Å². The van der Waals surface area contributed by atoms with Gasteiger partial charge in [-0.3, -0.25) is 4.79 Å². The lowest BCUT2D eigenvalue weighted by Crippen LogP contribution is -2.14. The third-order valence-corrected chi connectivity index (χ3v) is 0.337. The predicted octanol–water partition coefficient (Wildman–Crippen LogP) is -0.882. The number of hydrogen-bond acceptors (Lipinski definition) is 3. The van der Waals surface area contributed by atoms with Gasteiger partial charge < -0.3 is 10.5 Å². The maximum atomic E-state index is 9.98. The molecule has 3 nitrogen and oxygen atoms in total. The number of methoxy groups -OCH3 is 1. The van der Waals surface area contributed by atoms with E-state index >= 15 is 0 Å². The third-order valence-electron chi connectivity index (χ3n) is 0.337. The number of hydrogen-bond donors (Lipinski definition) is 1. The Labute approximate surface area is 37.5 Å². The maximum absolute atomic E-state index is 9.98. The molecule has 0 aromatic heterocycles.